The van der Waals surface area contributed by atoms with Crippen molar-refractivity contribution >= 4 is 45.7 Å². The molecule has 0 radical (unpaired) electrons. The molecule has 4 aromatic rings. The van der Waals surface area contributed by atoms with Gasteiger partial charge in [-0.2, -0.15) is 5.10 Å². The zero-order valence-corrected chi connectivity index (χ0v) is 18.8. The number of benzene rings is 2. The minimum absolute atomic E-state index is 0.253. The number of para-hydroxylation sites is 1. The fraction of sp³-hybridized carbons (Fsp3) is 0.174. The van der Waals surface area contributed by atoms with Gasteiger partial charge in [-0.1, -0.05) is 47.5 Å². The second-order valence-corrected chi connectivity index (χ2v) is 7.95. The summed E-state index contributed by atoms with van der Waals surface area (Å²) in [6.45, 7) is 4.28. The first kappa shape index (κ1) is 21.2. The molecule has 0 saturated carbocycles. The Bertz CT molecular complexity index is 1300. The van der Waals surface area contributed by atoms with Crippen LogP contribution < -0.4 is 10.1 Å². The molecular weight excluding hydrogens is 435 g/mol. The van der Waals surface area contributed by atoms with E-state index in [4.69, 9.17) is 27.9 Å². The first-order valence-electron chi connectivity index (χ1n) is 9.60. The second-order valence-electron chi connectivity index (χ2n) is 7.14. The average molecular weight is 455 g/mol. The highest BCUT2D eigenvalue weighted by atomic mass is 35.5. The zero-order valence-electron chi connectivity index (χ0n) is 17.2. The molecule has 1 N–H and O–H groups in total. The Balaban J connectivity index is 1.65. The lowest BCUT2D eigenvalue weighted by Crippen LogP contribution is -2.14. The van der Waals surface area contributed by atoms with Crippen LogP contribution in [0.4, 0.5) is 5.69 Å². The van der Waals surface area contributed by atoms with Crippen molar-refractivity contribution in [2.45, 2.75) is 20.4 Å². The maximum Gasteiger partial charge on any atom is 0.256 e. The summed E-state index contributed by atoms with van der Waals surface area (Å²) in [5, 5.41) is 9.35. The van der Waals surface area contributed by atoms with E-state index in [1.54, 1.807) is 12.1 Å². The Morgan fingerprint density at radius 1 is 1.10 bits per heavy atom. The summed E-state index contributed by atoms with van der Waals surface area (Å²) >= 11 is 12.1. The van der Waals surface area contributed by atoms with Gasteiger partial charge in [-0.05, 0) is 37.6 Å². The van der Waals surface area contributed by atoms with Gasteiger partial charge in [0.25, 0.3) is 5.91 Å². The molecule has 6 nitrogen and oxygen atoms in total. The van der Waals surface area contributed by atoms with Crippen LogP contribution >= 0.6 is 23.2 Å². The van der Waals surface area contributed by atoms with Crippen LogP contribution in [0.5, 0.6) is 5.88 Å². The van der Waals surface area contributed by atoms with E-state index >= 15 is 0 Å². The molecule has 0 saturated heterocycles. The van der Waals surface area contributed by atoms with Crippen molar-refractivity contribution in [2.24, 2.45) is 0 Å². The van der Waals surface area contributed by atoms with Gasteiger partial charge in [-0.15, -0.1) is 0 Å². The predicted molar refractivity (Wildman–Crippen MR) is 124 cm³/mol. The molecule has 1 amide bonds. The van der Waals surface area contributed by atoms with Gasteiger partial charge in [0, 0.05) is 11.5 Å². The quantitative estimate of drug-likeness (QED) is 0.422. The molecule has 0 aliphatic carbocycles. The number of pyridine rings is 1. The molecule has 2 aromatic carbocycles. The van der Waals surface area contributed by atoms with Crippen molar-refractivity contribution in [3.63, 3.8) is 0 Å². The number of nitrogens with one attached hydrogen (secondary N) is 1. The molecule has 31 heavy (non-hydrogen) atoms. The van der Waals surface area contributed by atoms with Crippen molar-refractivity contribution in [2.75, 3.05) is 12.4 Å². The third-order valence-electron chi connectivity index (χ3n) is 5.08. The first-order chi connectivity index (χ1) is 14.9. The number of hydrogen-bond acceptors (Lipinski definition) is 4. The normalized spacial score (nSPS) is 11.0. The van der Waals surface area contributed by atoms with Crippen LogP contribution in [0.15, 0.2) is 48.5 Å². The maximum atomic E-state index is 13.2. The third-order valence-corrected chi connectivity index (χ3v) is 5.82. The van der Waals surface area contributed by atoms with Crippen molar-refractivity contribution in [1.29, 1.82) is 0 Å². The topological polar surface area (TPSA) is 69.0 Å². The molecule has 0 aliphatic rings. The fourth-order valence-corrected chi connectivity index (χ4v) is 3.79. The predicted octanol–water partition coefficient (Wildman–Crippen LogP) is 5.66. The number of hydrogen-bond donors (Lipinski definition) is 1. The number of aromatic nitrogens is 3. The number of rotatable bonds is 5. The highest BCUT2D eigenvalue weighted by molar-refractivity contribution is 6.42. The lowest BCUT2D eigenvalue weighted by Gasteiger charge is -2.11. The lowest BCUT2D eigenvalue weighted by molar-refractivity contribution is 0.102. The van der Waals surface area contributed by atoms with Gasteiger partial charge < -0.3 is 10.1 Å². The number of aryl methyl sites for hydroxylation is 1. The number of nitrogens with zero attached hydrogens (tertiary/aromatic N) is 3. The highest BCUT2D eigenvalue weighted by Crippen LogP contribution is 2.27. The van der Waals surface area contributed by atoms with Crippen molar-refractivity contribution in [1.82, 2.24) is 14.8 Å². The summed E-state index contributed by atoms with van der Waals surface area (Å²) in [4.78, 5) is 17.6. The Hall–Kier alpha value is -3.09. The summed E-state index contributed by atoms with van der Waals surface area (Å²) < 4.78 is 7.10. The summed E-state index contributed by atoms with van der Waals surface area (Å²) in [5.41, 5.74) is 4.36. The maximum absolute atomic E-state index is 13.2. The van der Waals surface area contributed by atoms with Gasteiger partial charge in [-0.3, -0.25) is 9.48 Å². The molecule has 0 unspecified atom stereocenters. The minimum atomic E-state index is -0.253. The first-order valence-corrected chi connectivity index (χ1v) is 10.4. The number of carbonyl (C=O) groups is 1. The number of methoxy groups -OCH3 is 1. The fourth-order valence-electron chi connectivity index (χ4n) is 3.47. The van der Waals surface area contributed by atoms with Gasteiger partial charge in [0.15, 0.2) is 0 Å². The highest BCUT2D eigenvalue weighted by Gasteiger charge is 2.18. The molecule has 0 aliphatic heterocycles. The largest absolute Gasteiger partial charge is 0.481 e. The second kappa shape index (κ2) is 8.57. The van der Waals surface area contributed by atoms with E-state index in [2.05, 4.69) is 15.4 Å². The van der Waals surface area contributed by atoms with Gasteiger partial charge in [0.1, 0.15) is 0 Å². The molecule has 2 heterocycles. The van der Waals surface area contributed by atoms with Crippen LogP contribution in [0, 0.1) is 13.8 Å². The zero-order chi connectivity index (χ0) is 22.1. The van der Waals surface area contributed by atoms with Crippen LogP contribution in [-0.2, 0) is 6.54 Å². The summed E-state index contributed by atoms with van der Waals surface area (Å²) in [6, 6.07) is 14.6. The number of halogens is 2. The Morgan fingerprint density at radius 2 is 1.87 bits per heavy atom. The van der Waals surface area contributed by atoms with E-state index in [-0.39, 0.29) is 5.91 Å². The molecule has 0 spiro atoms. The number of anilines is 1. The van der Waals surface area contributed by atoms with E-state index in [1.807, 2.05) is 54.9 Å². The molecule has 8 heteroatoms. The third kappa shape index (κ3) is 4.22. The number of amides is 1. The summed E-state index contributed by atoms with van der Waals surface area (Å²) in [7, 11) is 1.53. The monoisotopic (exact) mass is 454 g/mol. The van der Waals surface area contributed by atoms with E-state index in [9.17, 15) is 4.79 Å². The van der Waals surface area contributed by atoms with E-state index in [1.165, 1.54) is 7.11 Å². The van der Waals surface area contributed by atoms with Gasteiger partial charge in [0.2, 0.25) is 5.88 Å². The van der Waals surface area contributed by atoms with Gasteiger partial charge in [-0.25, -0.2) is 4.98 Å². The smallest absolute Gasteiger partial charge is 0.256 e. The van der Waals surface area contributed by atoms with E-state index in [0.717, 1.165) is 22.3 Å². The average Bonchev–Trinajstić information content (AvgIpc) is 3.02. The Labute approximate surface area is 189 Å². The molecular formula is C23H20Cl2N4O2. The van der Waals surface area contributed by atoms with Crippen molar-refractivity contribution in [3.8, 4) is 5.88 Å². The number of carbonyl (C=O) groups excluding carboxylic acids is 1. The van der Waals surface area contributed by atoms with Crippen LogP contribution in [0.3, 0.4) is 0 Å². The Kier molecular flexibility index (Phi) is 5.85. The SMILES string of the molecule is COc1cc(C(=O)Nc2c(C)nn(Cc3ccc(Cl)c(Cl)c3)c2C)c2ccccc2n1. The molecule has 4 rings (SSSR count). The van der Waals surface area contributed by atoms with E-state index in [0.29, 0.717) is 39.2 Å². The van der Waals surface area contributed by atoms with Gasteiger partial charge >= 0.3 is 0 Å². The van der Waals surface area contributed by atoms with Crippen LogP contribution in [0.2, 0.25) is 10.0 Å². The van der Waals surface area contributed by atoms with Crippen LogP contribution in [-0.4, -0.2) is 27.8 Å². The lowest BCUT2D eigenvalue weighted by atomic mass is 10.1. The molecule has 0 atom stereocenters. The van der Waals surface area contributed by atoms with Crippen molar-refractivity contribution < 1.29 is 9.53 Å². The standard InChI is InChI=1S/C23H20Cl2N4O2/c1-13-22(14(2)29(28-13)12-15-8-9-18(24)19(25)10-15)27-23(30)17-11-21(31-3)26-20-7-5-4-6-16(17)20/h4-11H,12H2,1-3H3,(H,27,30). The van der Waals surface area contributed by atoms with Gasteiger partial charge in [0.05, 0.1) is 51.9 Å². The van der Waals surface area contributed by atoms with Crippen LogP contribution in [0.1, 0.15) is 27.3 Å². The molecule has 158 valence electrons. The molecule has 0 fully saturated rings. The number of ether oxygens (including phenoxy) is 1. The minimum Gasteiger partial charge on any atom is -0.481 e. The van der Waals surface area contributed by atoms with E-state index < -0.39 is 0 Å². The van der Waals surface area contributed by atoms with Crippen LogP contribution in [0.25, 0.3) is 10.9 Å². The molecule has 2 aromatic heterocycles. The number of fused-ring (bicyclic) bond motifs is 1. The summed E-state index contributed by atoms with van der Waals surface area (Å²) in [5.74, 6) is 0.129. The van der Waals surface area contributed by atoms with Crippen molar-refractivity contribution in [3.05, 3.63) is 81.1 Å². The summed E-state index contributed by atoms with van der Waals surface area (Å²) in [6.07, 6.45) is 0. The Morgan fingerprint density at radius 3 is 2.61 bits per heavy atom. The molecule has 0 bridgehead atoms.